The number of rotatable bonds is 19. The average molecular weight is 437 g/mol. The quantitative estimate of drug-likeness (QED) is 0.169. The van der Waals surface area contributed by atoms with Crippen LogP contribution < -0.4 is 10.9 Å². The molecule has 0 bridgehead atoms. The van der Waals surface area contributed by atoms with Gasteiger partial charge in [-0.1, -0.05) is 115 Å². The van der Waals surface area contributed by atoms with Gasteiger partial charge in [-0.3, -0.25) is 0 Å². The Hall–Kier alpha value is -1.96. The van der Waals surface area contributed by atoms with Gasteiger partial charge in [0.05, 0.1) is 11.4 Å². The summed E-state index contributed by atoms with van der Waals surface area (Å²) in [5.74, 6) is 0. The Morgan fingerprint density at radius 2 is 0.719 bits per heavy atom. The van der Waals surface area contributed by atoms with E-state index in [0.29, 0.717) is 0 Å². The van der Waals surface area contributed by atoms with Crippen LogP contribution in [0.1, 0.15) is 115 Å². The van der Waals surface area contributed by atoms with Gasteiger partial charge in [0.25, 0.3) is 0 Å². The van der Waals surface area contributed by atoms with Gasteiger partial charge in [0, 0.05) is 0 Å². The molecule has 2 heteroatoms. The van der Waals surface area contributed by atoms with E-state index in [-0.39, 0.29) is 0 Å². The Balaban J connectivity index is 1.57. The summed E-state index contributed by atoms with van der Waals surface area (Å²) in [7, 11) is 0. The zero-order chi connectivity index (χ0) is 22.7. The van der Waals surface area contributed by atoms with E-state index >= 15 is 0 Å². The van der Waals surface area contributed by atoms with Gasteiger partial charge in [-0.25, -0.2) is 0 Å². The van der Waals surface area contributed by atoms with Gasteiger partial charge in [-0.05, 0) is 61.1 Å². The smallest absolute Gasteiger partial charge is 0.0540 e. The minimum absolute atomic E-state index is 1.11. The molecule has 178 valence electrons. The molecule has 0 saturated heterocycles. The third-order valence-corrected chi connectivity index (χ3v) is 6.40. The molecule has 2 aromatic carbocycles. The number of aryl methyl sites for hydroxylation is 2. The summed E-state index contributed by atoms with van der Waals surface area (Å²) in [4.78, 5) is 0. The lowest BCUT2D eigenvalue weighted by atomic mass is 10.0. The normalized spacial score (nSPS) is 10.9. The number of benzene rings is 2. The molecule has 0 saturated carbocycles. The standard InChI is InChI=1S/C30H48N2/c1-3-5-7-9-11-12-14-16-18-28-21-25-30(26-22-28)32-31-29-23-19-27(20-24-29)17-15-13-10-8-6-4-2/h19-26,31-32H,3-18H2,1-2H3. The minimum atomic E-state index is 1.11. The molecule has 32 heavy (non-hydrogen) atoms. The fourth-order valence-corrected chi connectivity index (χ4v) is 4.23. The largest absolute Gasteiger partial charge is 0.301 e. The van der Waals surface area contributed by atoms with Crippen LogP contribution in [-0.4, -0.2) is 0 Å². The Kier molecular flexibility index (Phi) is 14.4. The molecule has 2 aromatic rings. The fraction of sp³-hybridized carbons (Fsp3) is 0.600. The lowest BCUT2D eigenvalue weighted by molar-refractivity contribution is 0.575. The Morgan fingerprint density at radius 3 is 1.06 bits per heavy atom. The van der Waals surface area contributed by atoms with E-state index in [2.05, 4.69) is 73.2 Å². The highest BCUT2D eigenvalue weighted by Crippen LogP contribution is 2.16. The maximum absolute atomic E-state index is 3.33. The van der Waals surface area contributed by atoms with Crippen LogP contribution in [0.5, 0.6) is 0 Å². The van der Waals surface area contributed by atoms with Gasteiger partial charge in [-0.15, -0.1) is 0 Å². The molecule has 0 unspecified atom stereocenters. The Labute approximate surface area is 198 Å². The first-order valence-electron chi connectivity index (χ1n) is 13.5. The summed E-state index contributed by atoms with van der Waals surface area (Å²) in [6, 6.07) is 17.7. The van der Waals surface area contributed by atoms with Crippen LogP contribution in [0.25, 0.3) is 0 Å². The number of hydrogen-bond donors (Lipinski definition) is 2. The molecule has 0 aliphatic rings. The highest BCUT2D eigenvalue weighted by Gasteiger charge is 1.98. The van der Waals surface area contributed by atoms with Crippen molar-refractivity contribution in [1.82, 2.24) is 0 Å². The van der Waals surface area contributed by atoms with Crippen LogP contribution in [0, 0.1) is 0 Å². The first-order valence-corrected chi connectivity index (χ1v) is 13.5. The predicted octanol–water partition coefficient (Wildman–Crippen LogP) is 9.71. The van der Waals surface area contributed by atoms with E-state index in [0.717, 1.165) is 11.4 Å². The first-order chi connectivity index (χ1) is 15.8. The molecule has 0 aromatic heterocycles. The van der Waals surface area contributed by atoms with Crippen molar-refractivity contribution in [3.8, 4) is 0 Å². The molecular formula is C30H48N2. The summed E-state index contributed by atoms with van der Waals surface area (Å²) in [5, 5.41) is 0. The molecule has 2 nitrogen and oxygen atoms in total. The van der Waals surface area contributed by atoms with Gasteiger partial charge in [0.1, 0.15) is 0 Å². The van der Waals surface area contributed by atoms with Crippen molar-refractivity contribution < 1.29 is 0 Å². The SMILES string of the molecule is CCCCCCCCCCc1ccc(NNc2ccc(CCCCCCCC)cc2)cc1. The molecule has 0 spiro atoms. The second kappa shape index (κ2) is 17.6. The maximum atomic E-state index is 3.33. The monoisotopic (exact) mass is 436 g/mol. The number of hydrogen-bond acceptors (Lipinski definition) is 2. The molecule has 0 atom stereocenters. The summed E-state index contributed by atoms with van der Waals surface area (Å²) in [6.45, 7) is 4.56. The predicted molar refractivity (Wildman–Crippen MR) is 144 cm³/mol. The van der Waals surface area contributed by atoms with Crippen molar-refractivity contribution in [2.24, 2.45) is 0 Å². The zero-order valence-corrected chi connectivity index (χ0v) is 20.9. The average Bonchev–Trinajstić information content (AvgIpc) is 2.83. The van der Waals surface area contributed by atoms with Crippen LogP contribution in [0.2, 0.25) is 0 Å². The van der Waals surface area contributed by atoms with Gasteiger partial charge < -0.3 is 10.9 Å². The maximum Gasteiger partial charge on any atom is 0.0540 e. The van der Waals surface area contributed by atoms with E-state index in [1.54, 1.807) is 0 Å². The highest BCUT2D eigenvalue weighted by molar-refractivity contribution is 5.53. The van der Waals surface area contributed by atoms with Crippen LogP contribution in [0.3, 0.4) is 0 Å². The topological polar surface area (TPSA) is 24.1 Å². The summed E-state index contributed by atoms with van der Waals surface area (Å²) < 4.78 is 0. The third-order valence-electron chi connectivity index (χ3n) is 6.40. The summed E-state index contributed by atoms with van der Waals surface area (Å²) >= 11 is 0. The van der Waals surface area contributed by atoms with Gasteiger partial charge in [-0.2, -0.15) is 0 Å². The van der Waals surface area contributed by atoms with E-state index in [9.17, 15) is 0 Å². The van der Waals surface area contributed by atoms with E-state index in [1.807, 2.05) is 0 Å². The third kappa shape index (κ3) is 12.2. The van der Waals surface area contributed by atoms with Gasteiger partial charge in [0.2, 0.25) is 0 Å². The first kappa shape index (κ1) is 26.3. The van der Waals surface area contributed by atoms with E-state index in [1.165, 1.54) is 114 Å². The zero-order valence-electron chi connectivity index (χ0n) is 20.9. The fourth-order valence-electron chi connectivity index (χ4n) is 4.23. The van der Waals surface area contributed by atoms with E-state index < -0.39 is 0 Å². The number of unbranched alkanes of at least 4 members (excludes halogenated alkanes) is 12. The molecule has 2 N–H and O–H groups in total. The highest BCUT2D eigenvalue weighted by atomic mass is 15.4. The number of nitrogens with one attached hydrogen (secondary N) is 2. The molecule has 0 heterocycles. The van der Waals surface area contributed by atoms with Crippen molar-refractivity contribution >= 4 is 11.4 Å². The molecule has 0 fully saturated rings. The van der Waals surface area contributed by atoms with Crippen LogP contribution in [-0.2, 0) is 12.8 Å². The van der Waals surface area contributed by atoms with Crippen molar-refractivity contribution in [1.29, 1.82) is 0 Å². The van der Waals surface area contributed by atoms with Gasteiger partial charge in [0.15, 0.2) is 0 Å². The minimum Gasteiger partial charge on any atom is -0.301 e. The molecule has 0 aliphatic carbocycles. The number of anilines is 2. The van der Waals surface area contributed by atoms with Crippen LogP contribution in [0.15, 0.2) is 48.5 Å². The van der Waals surface area contributed by atoms with Crippen LogP contribution >= 0.6 is 0 Å². The van der Waals surface area contributed by atoms with Crippen molar-refractivity contribution in [2.45, 2.75) is 117 Å². The Bertz CT molecular complexity index is 675. The number of hydrazine groups is 1. The van der Waals surface area contributed by atoms with Gasteiger partial charge >= 0.3 is 0 Å². The molecule has 0 aliphatic heterocycles. The molecular weight excluding hydrogens is 388 g/mol. The molecule has 2 rings (SSSR count). The van der Waals surface area contributed by atoms with Crippen molar-refractivity contribution in [2.75, 3.05) is 10.9 Å². The van der Waals surface area contributed by atoms with Crippen molar-refractivity contribution in [3.63, 3.8) is 0 Å². The lowest BCUT2D eigenvalue weighted by Gasteiger charge is -2.11. The summed E-state index contributed by atoms with van der Waals surface area (Å²) in [6.07, 6.45) is 21.6. The molecule has 0 radical (unpaired) electrons. The summed E-state index contributed by atoms with van der Waals surface area (Å²) in [5.41, 5.74) is 11.8. The second-order valence-electron chi connectivity index (χ2n) is 9.39. The van der Waals surface area contributed by atoms with Crippen LogP contribution in [0.4, 0.5) is 11.4 Å². The Morgan fingerprint density at radius 1 is 0.406 bits per heavy atom. The van der Waals surface area contributed by atoms with E-state index in [4.69, 9.17) is 0 Å². The lowest BCUT2D eigenvalue weighted by Crippen LogP contribution is -2.08. The second-order valence-corrected chi connectivity index (χ2v) is 9.39. The molecule has 0 amide bonds. The van der Waals surface area contributed by atoms with Crippen molar-refractivity contribution in [3.05, 3.63) is 59.7 Å².